The van der Waals surface area contributed by atoms with E-state index < -0.39 is 24.3 Å². The van der Waals surface area contributed by atoms with Crippen LogP contribution in [0, 0.1) is 17.8 Å². The van der Waals surface area contributed by atoms with Crippen LogP contribution in [-0.2, 0) is 36.8 Å². The SMILES string of the molecule is COC[C@H]1CC(c2nc(-c3ccc4c(c3)COc3cc5c6c(ccc5cc3-4)N=C(C3CC[C@H](C)N3C(=O)[C@@H](NC(=O)OC)C(C)C)C6)c(Br)[nH]2)N(C(=O)[C@@H](NC(=O)OC)C(C)C)C1. The van der Waals surface area contributed by atoms with E-state index in [1.54, 1.807) is 12.0 Å². The van der Waals surface area contributed by atoms with Crippen LogP contribution in [0.1, 0.15) is 76.9 Å². The molecule has 8 rings (SSSR count). The standard InChI is InChI=1S/C47H56BrN7O8/c1-23(2)39(51-46(58)61-7)44(56)54-20-26(21-60-6)15-37(54)43-50-41(42(48)53-43)28-10-12-30-29(16-28)22-63-38-19-31-27(17-33(30)38)11-13-34-32(31)18-35(49-34)36-14-9-25(5)55(36)45(57)40(24(3)4)52-47(59)62-8/h10-13,16-17,19,23-26,36-37,39-40H,9,14-15,18,20-22H2,1-8H3,(H,50,53)(H,51,58)(H,52,59)/t25-,26-,36?,37?,39-,40-/m0/s1. The van der Waals surface area contributed by atoms with Gasteiger partial charge in [0.05, 0.1) is 38.6 Å². The first-order chi connectivity index (χ1) is 30.2. The molecule has 4 aliphatic rings. The molecule has 0 saturated carbocycles. The molecular weight excluding hydrogens is 870 g/mol. The fourth-order valence-electron chi connectivity index (χ4n) is 9.79. The van der Waals surface area contributed by atoms with Crippen LogP contribution in [-0.4, -0.2) is 108 Å². The second-order valence-electron chi connectivity index (χ2n) is 17.8. The summed E-state index contributed by atoms with van der Waals surface area (Å²) in [5.74, 6) is 0.929. The zero-order valence-corrected chi connectivity index (χ0v) is 38.6. The van der Waals surface area contributed by atoms with Crippen molar-refractivity contribution in [2.45, 2.75) is 97.1 Å². The first kappa shape index (κ1) is 44.1. The van der Waals surface area contributed by atoms with Gasteiger partial charge in [0, 0.05) is 48.9 Å². The third kappa shape index (κ3) is 8.39. The van der Waals surface area contributed by atoms with Gasteiger partial charge < -0.3 is 44.4 Å². The first-order valence-electron chi connectivity index (χ1n) is 21.7. The zero-order valence-electron chi connectivity index (χ0n) is 37.0. The molecule has 0 aliphatic carbocycles. The maximum Gasteiger partial charge on any atom is 0.407 e. The van der Waals surface area contributed by atoms with Gasteiger partial charge in [-0.2, -0.15) is 0 Å². The number of H-pyrrole nitrogens is 1. The summed E-state index contributed by atoms with van der Waals surface area (Å²) in [7, 11) is 4.24. The van der Waals surface area contributed by atoms with Crippen molar-refractivity contribution in [3.05, 3.63) is 64.0 Å². The Morgan fingerprint density at radius 3 is 2.30 bits per heavy atom. The first-order valence-corrected chi connectivity index (χ1v) is 22.5. The normalized spacial score (nSPS) is 21.1. The molecule has 0 radical (unpaired) electrons. The fourth-order valence-corrected chi connectivity index (χ4v) is 10.3. The molecule has 4 aliphatic heterocycles. The molecule has 0 bridgehead atoms. The minimum Gasteiger partial charge on any atom is -0.488 e. The number of aliphatic imine (C=N–C) groups is 1. The molecule has 4 aromatic rings. The summed E-state index contributed by atoms with van der Waals surface area (Å²) in [5, 5.41) is 7.63. The molecule has 2 saturated heterocycles. The highest BCUT2D eigenvalue weighted by Gasteiger charge is 2.44. The number of benzene rings is 3. The number of aromatic amines is 1. The zero-order chi connectivity index (χ0) is 44.9. The minimum absolute atomic E-state index is 0.00608. The highest BCUT2D eigenvalue weighted by atomic mass is 79.9. The molecule has 15 nitrogen and oxygen atoms in total. The number of carbonyl (C=O) groups excluding carboxylic acids is 4. The topological polar surface area (TPSA) is 177 Å². The number of likely N-dealkylation sites (tertiary alicyclic amines) is 2. The number of halogens is 1. The van der Waals surface area contributed by atoms with Gasteiger partial charge >= 0.3 is 12.2 Å². The molecule has 5 heterocycles. The number of amides is 4. The van der Waals surface area contributed by atoms with E-state index >= 15 is 0 Å². The predicted molar refractivity (Wildman–Crippen MR) is 242 cm³/mol. The van der Waals surface area contributed by atoms with Crippen LogP contribution >= 0.6 is 15.9 Å². The lowest BCUT2D eigenvalue weighted by molar-refractivity contribution is -0.136. The number of methoxy groups -OCH3 is 3. The maximum atomic E-state index is 14.0. The Bertz CT molecular complexity index is 2480. The lowest BCUT2D eigenvalue weighted by Crippen LogP contribution is -2.55. The molecule has 63 heavy (non-hydrogen) atoms. The number of hydrogen-bond donors (Lipinski definition) is 3. The van der Waals surface area contributed by atoms with E-state index in [0.717, 1.165) is 74.3 Å². The Balaban J connectivity index is 1.03. The summed E-state index contributed by atoms with van der Waals surface area (Å²) >= 11 is 3.73. The number of alkyl carbamates (subject to hydrolysis) is 2. The van der Waals surface area contributed by atoms with E-state index in [9.17, 15) is 19.2 Å². The average Bonchev–Trinajstić information content (AvgIpc) is 4.08. The quantitative estimate of drug-likeness (QED) is 0.135. The van der Waals surface area contributed by atoms with Gasteiger partial charge in [-0.15, -0.1) is 0 Å². The van der Waals surface area contributed by atoms with E-state index in [1.165, 1.54) is 14.2 Å². The Morgan fingerprint density at radius 2 is 1.62 bits per heavy atom. The highest BCUT2D eigenvalue weighted by Crippen LogP contribution is 2.46. The Morgan fingerprint density at radius 1 is 0.905 bits per heavy atom. The van der Waals surface area contributed by atoms with Crippen molar-refractivity contribution in [1.82, 2.24) is 30.4 Å². The molecule has 16 heteroatoms. The van der Waals surface area contributed by atoms with Crippen LogP contribution < -0.4 is 15.4 Å². The van der Waals surface area contributed by atoms with Gasteiger partial charge in [-0.25, -0.2) is 14.6 Å². The van der Waals surface area contributed by atoms with Crippen LogP contribution in [0.3, 0.4) is 0 Å². The largest absolute Gasteiger partial charge is 0.488 e. The molecule has 3 aromatic carbocycles. The number of aromatic nitrogens is 2. The summed E-state index contributed by atoms with van der Waals surface area (Å²) < 4.78 is 22.4. The van der Waals surface area contributed by atoms with Gasteiger partial charge in [0.2, 0.25) is 11.8 Å². The van der Waals surface area contributed by atoms with E-state index in [-0.39, 0.29) is 47.7 Å². The van der Waals surface area contributed by atoms with Crippen molar-refractivity contribution in [1.29, 1.82) is 0 Å². The second kappa shape index (κ2) is 17.9. The Hall–Kier alpha value is -5.48. The number of hydrogen-bond acceptors (Lipinski definition) is 10. The van der Waals surface area contributed by atoms with Crippen molar-refractivity contribution in [2.75, 3.05) is 34.5 Å². The molecule has 2 unspecified atom stereocenters. The summed E-state index contributed by atoms with van der Waals surface area (Å²) in [6.45, 7) is 11.0. The lowest BCUT2D eigenvalue weighted by atomic mass is 9.90. The van der Waals surface area contributed by atoms with Crippen molar-refractivity contribution in [2.24, 2.45) is 22.7 Å². The third-order valence-corrected chi connectivity index (χ3v) is 13.6. The number of imidazole rings is 1. The number of rotatable bonds is 11. The molecule has 0 spiro atoms. The molecule has 3 N–H and O–H groups in total. The highest BCUT2D eigenvalue weighted by molar-refractivity contribution is 9.10. The predicted octanol–water partition coefficient (Wildman–Crippen LogP) is 7.86. The number of nitrogens with zero attached hydrogens (tertiary/aromatic N) is 4. The molecular formula is C47H56BrN7O8. The second-order valence-corrected chi connectivity index (χ2v) is 18.6. The van der Waals surface area contributed by atoms with E-state index in [2.05, 4.69) is 80.9 Å². The van der Waals surface area contributed by atoms with Gasteiger partial charge in [-0.3, -0.25) is 14.6 Å². The van der Waals surface area contributed by atoms with Crippen LogP contribution in [0.15, 0.2) is 52.1 Å². The van der Waals surface area contributed by atoms with Gasteiger partial charge in [-0.05, 0) is 106 Å². The maximum absolute atomic E-state index is 14.0. The average molecular weight is 927 g/mol. The summed E-state index contributed by atoms with van der Waals surface area (Å²) in [5.41, 5.74) is 7.69. The van der Waals surface area contributed by atoms with Crippen molar-refractivity contribution in [3.8, 4) is 28.1 Å². The van der Waals surface area contributed by atoms with Gasteiger partial charge in [0.25, 0.3) is 0 Å². The lowest BCUT2D eigenvalue weighted by Gasteiger charge is -2.33. The Kier molecular flexibility index (Phi) is 12.6. The smallest absolute Gasteiger partial charge is 0.407 e. The van der Waals surface area contributed by atoms with Crippen molar-refractivity contribution < 1.29 is 38.1 Å². The molecule has 2 fully saturated rings. The summed E-state index contributed by atoms with van der Waals surface area (Å²) in [6, 6.07) is 12.8. The van der Waals surface area contributed by atoms with Crippen LogP contribution in [0.5, 0.6) is 5.75 Å². The van der Waals surface area contributed by atoms with Gasteiger partial charge in [0.1, 0.15) is 40.6 Å². The van der Waals surface area contributed by atoms with E-state index in [4.69, 9.17) is 28.9 Å². The van der Waals surface area contributed by atoms with Crippen molar-refractivity contribution in [3.63, 3.8) is 0 Å². The fraction of sp³-hybridized carbons (Fsp3) is 0.489. The number of nitrogens with one attached hydrogen (secondary N) is 3. The molecule has 4 amide bonds. The van der Waals surface area contributed by atoms with E-state index in [0.29, 0.717) is 43.0 Å². The van der Waals surface area contributed by atoms with Gasteiger partial charge in [-0.1, -0.05) is 45.9 Å². The van der Waals surface area contributed by atoms with E-state index in [1.807, 2.05) is 32.6 Å². The van der Waals surface area contributed by atoms with Gasteiger partial charge in [0.15, 0.2) is 0 Å². The number of ether oxygens (including phenoxy) is 4. The Labute approximate surface area is 375 Å². The summed E-state index contributed by atoms with van der Waals surface area (Å²) in [4.78, 5) is 69.8. The monoisotopic (exact) mass is 925 g/mol. The van der Waals surface area contributed by atoms with Crippen LogP contribution in [0.2, 0.25) is 0 Å². The molecule has 1 aromatic heterocycles. The van der Waals surface area contributed by atoms with Crippen LogP contribution in [0.4, 0.5) is 15.3 Å². The molecule has 6 atom stereocenters. The third-order valence-electron chi connectivity index (χ3n) is 13.0. The molecule has 334 valence electrons. The van der Waals surface area contributed by atoms with Crippen molar-refractivity contribution >= 4 is 62.1 Å². The van der Waals surface area contributed by atoms with Crippen LogP contribution in [0.25, 0.3) is 33.2 Å². The number of carbonyl (C=O) groups is 4. The summed E-state index contributed by atoms with van der Waals surface area (Å²) in [6.07, 6.45) is 1.64. The number of fused-ring (bicyclic) bond motifs is 6. The minimum atomic E-state index is -0.766.